The maximum atomic E-state index is 12.0. The highest BCUT2D eigenvalue weighted by Gasteiger charge is 2.35. The quantitative estimate of drug-likeness (QED) is 0.811. The van der Waals surface area contributed by atoms with Gasteiger partial charge in [0.25, 0.3) is 5.91 Å². The standard InChI is InChI=1S/C12H16N2O4/c1-7-8(3-5-14(7)2)11(15)13-9-4-6-18-10(9)12(16)17/h3,5,9-10H,4,6H2,1-2H3,(H,13,15)(H,16,17)/t9-,10+/m1/s1. The minimum atomic E-state index is -1.04. The maximum absolute atomic E-state index is 12.0. The molecule has 2 atom stereocenters. The molecule has 0 radical (unpaired) electrons. The van der Waals surface area contributed by atoms with Gasteiger partial charge in [-0.05, 0) is 19.4 Å². The number of amides is 1. The summed E-state index contributed by atoms with van der Waals surface area (Å²) in [7, 11) is 1.85. The minimum absolute atomic E-state index is 0.255. The van der Waals surface area contributed by atoms with Crippen LogP contribution in [0.3, 0.4) is 0 Å². The van der Waals surface area contributed by atoms with Crippen molar-refractivity contribution in [3.8, 4) is 0 Å². The summed E-state index contributed by atoms with van der Waals surface area (Å²) in [5, 5.41) is 11.7. The molecule has 2 N–H and O–H groups in total. The van der Waals surface area contributed by atoms with Crippen LogP contribution >= 0.6 is 0 Å². The molecule has 1 aromatic heterocycles. The van der Waals surface area contributed by atoms with Crippen LogP contribution in [0.25, 0.3) is 0 Å². The Morgan fingerprint density at radius 3 is 2.83 bits per heavy atom. The SMILES string of the molecule is Cc1c(C(=O)N[C@@H]2CCO[C@@H]2C(=O)O)ccn1C. The van der Waals surface area contributed by atoms with Gasteiger partial charge in [-0.25, -0.2) is 4.79 Å². The first-order valence-corrected chi connectivity index (χ1v) is 5.78. The Bertz CT molecular complexity index is 480. The highest BCUT2D eigenvalue weighted by molar-refractivity contribution is 5.96. The average Bonchev–Trinajstić information content (AvgIpc) is 2.88. The predicted octanol–water partition coefficient (Wildman–Crippen LogP) is 0.305. The second-order valence-corrected chi connectivity index (χ2v) is 4.42. The molecule has 2 rings (SSSR count). The Kier molecular flexibility index (Phi) is 3.38. The second-order valence-electron chi connectivity index (χ2n) is 4.42. The van der Waals surface area contributed by atoms with Crippen LogP contribution in [0, 0.1) is 6.92 Å². The third-order valence-corrected chi connectivity index (χ3v) is 3.28. The van der Waals surface area contributed by atoms with E-state index in [0.717, 1.165) is 5.69 Å². The average molecular weight is 252 g/mol. The Hall–Kier alpha value is -1.82. The lowest BCUT2D eigenvalue weighted by atomic mass is 10.1. The lowest BCUT2D eigenvalue weighted by Gasteiger charge is -2.16. The molecule has 1 aromatic rings. The number of hydrogen-bond acceptors (Lipinski definition) is 3. The van der Waals surface area contributed by atoms with E-state index < -0.39 is 18.1 Å². The van der Waals surface area contributed by atoms with Crippen molar-refractivity contribution >= 4 is 11.9 Å². The fourth-order valence-corrected chi connectivity index (χ4v) is 2.08. The van der Waals surface area contributed by atoms with Crippen LogP contribution in [0.15, 0.2) is 12.3 Å². The molecule has 1 aliphatic heterocycles. The molecule has 18 heavy (non-hydrogen) atoms. The number of carbonyl (C=O) groups is 2. The number of aromatic nitrogens is 1. The number of carbonyl (C=O) groups excluding carboxylic acids is 1. The van der Waals surface area contributed by atoms with Gasteiger partial charge in [0, 0.05) is 25.5 Å². The molecule has 1 aliphatic rings. The molecule has 1 amide bonds. The molecule has 2 heterocycles. The monoisotopic (exact) mass is 252 g/mol. The lowest BCUT2D eigenvalue weighted by Crippen LogP contribution is -2.44. The van der Waals surface area contributed by atoms with E-state index in [2.05, 4.69) is 5.32 Å². The van der Waals surface area contributed by atoms with Crippen LogP contribution in [0.2, 0.25) is 0 Å². The molecule has 98 valence electrons. The summed E-state index contributed by atoms with van der Waals surface area (Å²) >= 11 is 0. The van der Waals surface area contributed by atoms with Gasteiger partial charge in [-0.3, -0.25) is 4.79 Å². The number of ether oxygens (including phenoxy) is 1. The molecule has 1 saturated heterocycles. The van der Waals surface area contributed by atoms with Crippen molar-refractivity contribution in [2.24, 2.45) is 7.05 Å². The van der Waals surface area contributed by atoms with Crippen molar-refractivity contribution in [2.75, 3.05) is 6.61 Å². The van der Waals surface area contributed by atoms with Crippen molar-refractivity contribution in [3.63, 3.8) is 0 Å². The number of carboxylic acid groups (broad SMARTS) is 1. The van der Waals surface area contributed by atoms with Gasteiger partial charge in [-0.15, -0.1) is 0 Å². The van der Waals surface area contributed by atoms with Crippen LogP contribution in [0.1, 0.15) is 22.5 Å². The molecular weight excluding hydrogens is 236 g/mol. The molecule has 6 heteroatoms. The van der Waals surface area contributed by atoms with Gasteiger partial charge in [0.1, 0.15) is 0 Å². The molecular formula is C12H16N2O4. The fraction of sp³-hybridized carbons (Fsp3) is 0.500. The summed E-state index contributed by atoms with van der Waals surface area (Å²) in [6, 6.07) is 1.26. The number of nitrogens with zero attached hydrogens (tertiary/aromatic N) is 1. The minimum Gasteiger partial charge on any atom is -0.479 e. The number of aryl methyl sites for hydroxylation is 1. The van der Waals surface area contributed by atoms with Crippen LogP contribution in [0.4, 0.5) is 0 Å². The highest BCUT2D eigenvalue weighted by atomic mass is 16.5. The number of rotatable bonds is 3. The molecule has 0 unspecified atom stereocenters. The molecule has 0 aliphatic carbocycles. The van der Waals surface area contributed by atoms with Gasteiger partial charge in [0.05, 0.1) is 11.6 Å². The zero-order valence-electron chi connectivity index (χ0n) is 10.3. The number of hydrogen-bond donors (Lipinski definition) is 2. The van der Waals surface area contributed by atoms with E-state index in [1.54, 1.807) is 12.3 Å². The summed E-state index contributed by atoms with van der Waals surface area (Å²) in [4.78, 5) is 23.0. The van der Waals surface area contributed by atoms with E-state index in [-0.39, 0.29) is 5.91 Å². The van der Waals surface area contributed by atoms with Crippen molar-refractivity contribution in [1.82, 2.24) is 9.88 Å². The highest BCUT2D eigenvalue weighted by Crippen LogP contribution is 2.15. The summed E-state index contributed by atoms with van der Waals surface area (Å²) in [6.45, 7) is 2.20. The number of aliphatic carboxylic acids is 1. The van der Waals surface area contributed by atoms with Gasteiger partial charge in [-0.1, -0.05) is 0 Å². The largest absolute Gasteiger partial charge is 0.479 e. The molecule has 0 bridgehead atoms. The van der Waals surface area contributed by atoms with Crippen molar-refractivity contribution in [2.45, 2.75) is 25.5 Å². The number of carboxylic acids is 1. The first-order valence-electron chi connectivity index (χ1n) is 5.78. The van der Waals surface area contributed by atoms with E-state index >= 15 is 0 Å². The number of nitrogens with one attached hydrogen (secondary N) is 1. The lowest BCUT2D eigenvalue weighted by molar-refractivity contribution is -0.148. The summed E-state index contributed by atoms with van der Waals surface area (Å²) in [5.41, 5.74) is 1.41. The Balaban J connectivity index is 2.08. The maximum Gasteiger partial charge on any atom is 0.334 e. The molecule has 0 saturated carbocycles. The van der Waals surface area contributed by atoms with Gasteiger partial charge in [0.2, 0.25) is 0 Å². The zero-order valence-corrected chi connectivity index (χ0v) is 10.3. The van der Waals surface area contributed by atoms with E-state index in [1.807, 2.05) is 18.5 Å². The van der Waals surface area contributed by atoms with Crippen LogP contribution in [-0.2, 0) is 16.6 Å². The summed E-state index contributed by atoms with van der Waals surface area (Å²) < 4.78 is 6.92. The Labute approximate surface area is 105 Å². The Morgan fingerprint density at radius 1 is 1.56 bits per heavy atom. The summed E-state index contributed by atoms with van der Waals surface area (Å²) in [6.07, 6.45) is 1.37. The topological polar surface area (TPSA) is 80.6 Å². The van der Waals surface area contributed by atoms with Gasteiger partial charge >= 0.3 is 5.97 Å². The van der Waals surface area contributed by atoms with Crippen molar-refractivity contribution in [1.29, 1.82) is 0 Å². The van der Waals surface area contributed by atoms with E-state index in [4.69, 9.17) is 9.84 Å². The normalized spacial score (nSPS) is 23.0. The van der Waals surface area contributed by atoms with Crippen molar-refractivity contribution < 1.29 is 19.4 Å². The van der Waals surface area contributed by atoms with Gasteiger partial charge in [0.15, 0.2) is 6.10 Å². The summed E-state index contributed by atoms with van der Waals surface area (Å²) in [5.74, 6) is -1.29. The van der Waals surface area contributed by atoms with Crippen LogP contribution in [0.5, 0.6) is 0 Å². The van der Waals surface area contributed by atoms with E-state index in [0.29, 0.717) is 18.6 Å². The smallest absolute Gasteiger partial charge is 0.334 e. The van der Waals surface area contributed by atoms with Gasteiger partial charge < -0.3 is 19.7 Å². The first kappa shape index (κ1) is 12.6. The molecule has 1 fully saturated rings. The van der Waals surface area contributed by atoms with Crippen LogP contribution in [-0.4, -0.2) is 40.3 Å². The second kappa shape index (κ2) is 4.81. The predicted molar refractivity (Wildman–Crippen MR) is 63.4 cm³/mol. The molecule has 6 nitrogen and oxygen atoms in total. The van der Waals surface area contributed by atoms with Crippen LogP contribution < -0.4 is 5.32 Å². The fourth-order valence-electron chi connectivity index (χ4n) is 2.08. The zero-order chi connectivity index (χ0) is 13.3. The van der Waals surface area contributed by atoms with Crippen molar-refractivity contribution in [3.05, 3.63) is 23.5 Å². The molecule has 0 spiro atoms. The van der Waals surface area contributed by atoms with E-state index in [9.17, 15) is 9.59 Å². The van der Waals surface area contributed by atoms with E-state index in [1.165, 1.54) is 0 Å². The third kappa shape index (κ3) is 2.24. The van der Waals surface area contributed by atoms with Gasteiger partial charge in [-0.2, -0.15) is 0 Å². The first-order chi connectivity index (χ1) is 8.50. The Morgan fingerprint density at radius 2 is 2.28 bits per heavy atom. The third-order valence-electron chi connectivity index (χ3n) is 3.28. The molecule has 0 aromatic carbocycles.